The molecule has 1 rings (SSSR count). The van der Waals surface area contributed by atoms with Gasteiger partial charge in [-0.3, -0.25) is 4.79 Å². The van der Waals surface area contributed by atoms with Crippen LogP contribution in [-0.4, -0.2) is 24.8 Å². The first kappa shape index (κ1) is 17.4. The van der Waals surface area contributed by atoms with Crippen molar-refractivity contribution in [3.63, 3.8) is 0 Å². The van der Waals surface area contributed by atoms with Gasteiger partial charge in [0.15, 0.2) is 6.29 Å². The summed E-state index contributed by atoms with van der Waals surface area (Å²) in [7, 11) is 0. The molecular weight excluding hydrogens is 252 g/mol. The van der Waals surface area contributed by atoms with Gasteiger partial charge >= 0.3 is 0 Å². The number of carbonyl (C=O) groups excluding carboxylic acids is 1. The number of unbranched alkanes of at least 4 members (excludes halogenated alkanes) is 1. The van der Waals surface area contributed by atoms with E-state index in [4.69, 9.17) is 9.47 Å². The Hall–Kier alpha value is -0.670. The van der Waals surface area contributed by atoms with Crippen LogP contribution >= 0.6 is 0 Å². The normalized spacial score (nSPS) is 20.6. The van der Waals surface area contributed by atoms with E-state index >= 15 is 0 Å². The van der Waals surface area contributed by atoms with Crippen molar-refractivity contribution < 1.29 is 14.3 Å². The highest BCUT2D eigenvalue weighted by molar-refractivity contribution is 5.78. The summed E-state index contributed by atoms with van der Waals surface area (Å²) in [5.41, 5.74) is 0. The molecule has 2 atom stereocenters. The molecule has 0 amide bonds. The third-order valence-corrected chi connectivity index (χ3v) is 3.78. The summed E-state index contributed by atoms with van der Waals surface area (Å²) < 4.78 is 11.6. The number of hydrogen-bond donors (Lipinski definition) is 0. The minimum Gasteiger partial charge on any atom is -0.353 e. The Morgan fingerprint density at radius 2 is 2.20 bits per heavy atom. The van der Waals surface area contributed by atoms with E-state index in [-0.39, 0.29) is 12.4 Å². The lowest BCUT2D eigenvalue weighted by molar-refractivity contribution is -0.189. The van der Waals surface area contributed by atoms with Crippen LogP contribution in [0.5, 0.6) is 0 Å². The quantitative estimate of drug-likeness (QED) is 0.416. The molecule has 116 valence electrons. The minimum absolute atomic E-state index is 0.0167. The average Bonchev–Trinajstić information content (AvgIpc) is 2.47. The van der Waals surface area contributed by atoms with Gasteiger partial charge in [-0.15, -0.1) is 6.58 Å². The smallest absolute Gasteiger partial charge is 0.157 e. The van der Waals surface area contributed by atoms with E-state index in [9.17, 15) is 4.79 Å². The fraction of sp³-hybridized carbons (Fsp3) is 0.824. The van der Waals surface area contributed by atoms with Gasteiger partial charge in [0, 0.05) is 19.4 Å². The monoisotopic (exact) mass is 282 g/mol. The maximum absolute atomic E-state index is 11.7. The van der Waals surface area contributed by atoms with Gasteiger partial charge in [-0.25, -0.2) is 0 Å². The zero-order valence-corrected chi connectivity index (χ0v) is 12.9. The van der Waals surface area contributed by atoms with E-state index in [2.05, 4.69) is 13.5 Å². The van der Waals surface area contributed by atoms with E-state index in [0.717, 1.165) is 51.6 Å². The fourth-order valence-corrected chi connectivity index (χ4v) is 2.50. The molecule has 0 aliphatic carbocycles. The zero-order valence-electron chi connectivity index (χ0n) is 12.9. The fourth-order valence-electron chi connectivity index (χ4n) is 2.50. The van der Waals surface area contributed by atoms with Crippen molar-refractivity contribution in [1.29, 1.82) is 0 Å². The number of Topliss-reactive ketones (excluding diaryl/α,β-unsaturated/α-hetero) is 1. The van der Waals surface area contributed by atoms with Gasteiger partial charge in [-0.1, -0.05) is 13.0 Å². The average molecular weight is 282 g/mol. The molecule has 0 N–H and O–H groups in total. The van der Waals surface area contributed by atoms with Crippen molar-refractivity contribution in [3.05, 3.63) is 12.7 Å². The molecule has 3 nitrogen and oxygen atoms in total. The van der Waals surface area contributed by atoms with Crippen molar-refractivity contribution in [3.8, 4) is 0 Å². The Bertz CT molecular complexity index is 269. The third-order valence-electron chi connectivity index (χ3n) is 3.78. The zero-order chi connectivity index (χ0) is 14.6. The number of ketones is 1. The summed E-state index contributed by atoms with van der Waals surface area (Å²) in [6.45, 7) is 6.63. The molecule has 0 aromatic rings. The highest BCUT2D eigenvalue weighted by atomic mass is 16.7. The van der Waals surface area contributed by atoms with Crippen LogP contribution in [0.3, 0.4) is 0 Å². The van der Waals surface area contributed by atoms with Crippen molar-refractivity contribution in [1.82, 2.24) is 0 Å². The van der Waals surface area contributed by atoms with E-state index < -0.39 is 0 Å². The molecule has 0 spiro atoms. The summed E-state index contributed by atoms with van der Waals surface area (Å²) in [5, 5.41) is 0. The highest BCUT2D eigenvalue weighted by Crippen LogP contribution is 2.19. The molecule has 0 aromatic carbocycles. The standard InChI is InChI=1S/C17H30O3/c1-3-5-6-10-15(18)11-9-12-16(4-2)20-17-13-7-8-14-19-17/h3,16-17H,1,4-14H2,2H3/t16-,17?/m1/s1. The van der Waals surface area contributed by atoms with Crippen LogP contribution in [0.25, 0.3) is 0 Å². The number of allylic oxidation sites excluding steroid dienone is 1. The number of carbonyl (C=O) groups is 1. The van der Waals surface area contributed by atoms with E-state index in [1.807, 2.05) is 6.08 Å². The van der Waals surface area contributed by atoms with E-state index in [1.54, 1.807) is 0 Å². The molecule has 1 aliphatic rings. The molecule has 0 aromatic heterocycles. The van der Waals surface area contributed by atoms with Crippen LogP contribution in [0.2, 0.25) is 0 Å². The third kappa shape index (κ3) is 7.81. The maximum Gasteiger partial charge on any atom is 0.157 e. The lowest BCUT2D eigenvalue weighted by Gasteiger charge is -2.27. The molecule has 0 bridgehead atoms. The van der Waals surface area contributed by atoms with Gasteiger partial charge in [0.25, 0.3) is 0 Å². The van der Waals surface area contributed by atoms with Crippen molar-refractivity contribution in [2.24, 2.45) is 0 Å². The van der Waals surface area contributed by atoms with Crippen LogP contribution in [-0.2, 0) is 14.3 Å². The molecular formula is C17H30O3. The summed E-state index contributed by atoms with van der Waals surface area (Å²) in [4.78, 5) is 11.7. The van der Waals surface area contributed by atoms with Crippen molar-refractivity contribution >= 4 is 5.78 Å². The van der Waals surface area contributed by atoms with E-state index in [0.29, 0.717) is 18.6 Å². The van der Waals surface area contributed by atoms with Gasteiger partial charge in [0.2, 0.25) is 0 Å². The van der Waals surface area contributed by atoms with Crippen LogP contribution in [0.15, 0.2) is 12.7 Å². The van der Waals surface area contributed by atoms with E-state index in [1.165, 1.54) is 6.42 Å². The summed E-state index contributed by atoms with van der Waals surface area (Å²) in [6, 6.07) is 0. The van der Waals surface area contributed by atoms with Crippen molar-refractivity contribution in [2.75, 3.05) is 6.61 Å². The predicted molar refractivity (Wildman–Crippen MR) is 81.7 cm³/mol. The number of rotatable bonds is 11. The molecule has 0 radical (unpaired) electrons. The molecule has 1 aliphatic heterocycles. The van der Waals surface area contributed by atoms with Crippen LogP contribution in [0.1, 0.15) is 71.1 Å². The summed E-state index contributed by atoms with van der Waals surface area (Å²) in [5.74, 6) is 0.371. The lowest BCUT2D eigenvalue weighted by atomic mass is 10.0. The molecule has 1 saturated heterocycles. The Balaban J connectivity index is 2.10. The predicted octanol–water partition coefficient (Wildman–Crippen LogP) is 4.40. The summed E-state index contributed by atoms with van der Waals surface area (Å²) >= 11 is 0. The Labute approximate surface area is 123 Å². The molecule has 20 heavy (non-hydrogen) atoms. The molecule has 3 heteroatoms. The van der Waals surface area contributed by atoms with Crippen LogP contribution in [0, 0.1) is 0 Å². The molecule has 0 saturated carbocycles. The first-order chi connectivity index (χ1) is 9.76. The molecule has 1 unspecified atom stereocenters. The second kappa shape index (κ2) is 11.0. The van der Waals surface area contributed by atoms with Gasteiger partial charge < -0.3 is 9.47 Å². The number of ether oxygens (including phenoxy) is 2. The highest BCUT2D eigenvalue weighted by Gasteiger charge is 2.18. The first-order valence-electron chi connectivity index (χ1n) is 8.16. The second-order valence-electron chi connectivity index (χ2n) is 5.57. The number of hydrogen-bond acceptors (Lipinski definition) is 3. The lowest BCUT2D eigenvalue weighted by Crippen LogP contribution is -2.27. The Morgan fingerprint density at radius 3 is 2.85 bits per heavy atom. The topological polar surface area (TPSA) is 35.5 Å². The van der Waals surface area contributed by atoms with Gasteiger partial charge in [0.05, 0.1) is 6.10 Å². The van der Waals surface area contributed by atoms with Gasteiger partial charge in [-0.05, 0) is 51.4 Å². The summed E-state index contributed by atoms with van der Waals surface area (Å²) in [6.07, 6.45) is 11.6. The molecule has 1 fully saturated rings. The molecule has 1 heterocycles. The SMILES string of the molecule is C=CCCCC(=O)CCC[C@@H](CC)OC1CCCCO1. The minimum atomic E-state index is -0.0167. The second-order valence-corrected chi connectivity index (χ2v) is 5.57. The maximum atomic E-state index is 11.7. The Kier molecular flexibility index (Phi) is 9.60. The van der Waals surface area contributed by atoms with Gasteiger partial charge in [-0.2, -0.15) is 0 Å². The largest absolute Gasteiger partial charge is 0.353 e. The van der Waals surface area contributed by atoms with Gasteiger partial charge in [0.1, 0.15) is 5.78 Å². The Morgan fingerprint density at radius 1 is 1.40 bits per heavy atom. The van der Waals surface area contributed by atoms with Crippen LogP contribution < -0.4 is 0 Å². The van der Waals surface area contributed by atoms with Crippen LogP contribution in [0.4, 0.5) is 0 Å². The first-order valence-corrected chi connectivity index (χ1v) is 8.16. The van der Waals surface area contributed by atoms with Crippen molar-refractivity contribution in [2.45, 2.75) is 83.5 Å².